The van der Waals surface area contributed by atoms with Crippen LogP contribution in [0.15, 0.2) is 30.3 Å². The smallest absolute Gasteiger partial charge is 0.293 e. The molecule has 2 aliphatic rings. The first-order valence-corrected chi connectivity index (χ1v) is 8.00. The molecule has 2 heterocycles. The van der Waals surface area contributed by atoms with Crippen molar-refractivity contribution >= 4 is 34.5 Å². The number of imide groups is 1. The van der Waals surface area contributed by atoms with E-state index in [4.69, 9.17) is 4.74 Å². The minimum atomic E-state index is -0.636. The topological polar surface area (TPSA) is 66.9 Å². The summed E-state index contributed by atoms with van der Waals surface area (Å²) < 4.78 is 5.20. The molecule has 6 nitrogen and oxygen atoms in total. The summed E-state index contributed by atoms with van der Waals surface area (Å²) in [6, 6.07) is 8.78. The van der Waals surface area contributed by atoms with Crippen molar-refractivity contribution in [3.8, 4) is 0 Å². The first kappa shape index (κ1) is 15.1. The Balaban J connectivity index is 1.67. The van der Waals surface area contributed by atoms with E-state index in [1.54, 1.807) is 29.2 Å². The van der Waals surface area contributed by atoms with Gasteiger partial charge in [0.25, 0.3) is 5.24 Å². The van der Waals surface area contributed by atoms with Gasteiger partial charge in [0, 0.05) is 19.5 Å². The number of rotatable bonds is 3. The molecule has 0 aliphatic carbocycles. The number of anilines is 1. The zero-order valence-electron chi connectivity index (χ0n) is 11.9. The summed E-state index contributed by atoms with van der Waals surface area (Å²) in [5.74, 6) is -0.417. The molecule has 0 spiro atoms. The van der Waals surface area contributed by atoms with Gasteiger partial charge in [0.15, 0.2) is 0 Å². The van der Waals surface area contributed by atoms with Gasteiger partial charge < -0.3 is 9.64 Å². The van der Waals surface area contributed by atoms with Gasteiger partial charge in [-0.3, -0.25) is 14.4 Å². The molecule has 0 aromatic heterocycles. The molecule has 1 aromatic carbocycles. The fourth-order valence-electron chi connectivity index (χ4n) is 2.50. The van der Waals surface area contributed by atoms with Crippen molar-refractivity contribution in [2.45, 2.75) is 11.7 Å². The van der Waals surface area contributed by atoms with Gasteiger partial charge in [0.05, 0.1) is 18.9 Å². The zero-order valence-corrected chi connectivity index (χ0v) is 12.8. The van der Waals surface area contributed by atoms with Crippen LogP contribution in [0, 0.1) is 0 Å². The molecular formula is C15H16N2O4S. The first-order valence-electron chi connectivity index (χ1n) is 7.12. The van der Waals surface area contributed by atoms with E-state index in [1.807, 2.05) is 6.07 Å². The van der Waals surface area contributed by atoms with Crippen LogP contribution in [0.5, 0.6) is 0 Å². The summed E-state index contributed by atoms with van der Waals surface area (Å²) in [4.78, 5) is 39.6. The molecule has 2 fully saturated rings. The molecule has 3 rings (SSSR count). The van der Waals surface area contributed by atoms with Crippen LogP contribution in [0.25, 0.3) is 0 Å². The third-order valence-electron chi connectivity index (χ3n) is 3.66. The van der Waals surface area contributed by atoms with Gasteiger partial charge in [-0.1, -0.05) is 18.2 Å². The number of ether oxygens (including phenoxy) is 1. The number of carbonyl (C=O) groups excluding carboxylic acids is 3. The standard InChI is InChI=1S/C15H16N2O4S/c18-13(16-6-8-21-9-7-16)10-12-14(19)17(15(20)22-12)11-4-2-1-3-5-11/h1-5,12H,6-10H2/t12-/m1/s1. The highest BCUT2D eigenvalue weighted by atomic mass is 32.2. The summed E-state index contributed by atoms with van der Waals surface area (Å²) in [5, 5.41) is -0.959. The third-order valence-corrected chi connectivity index (χ3v) is 4.70. The normalized spacial score (nSPS) is 22.3. The Morgan fingerprint density at radius 2 is 1.86 bits per heavy atom. The minimum absolute atomic E-state index is 0.0541. The average molecular weight is 320 g/mol. The molecule has 2 saturated heterocycles. The number of para-hydroxylation sites is 1. The average Bonchev–Trinajstić information content (AvgIpc) is 2.83. The van der Waals surface area contributed by atoms with Gasteiger partial charge in [-0.25, -0.2) is 4.90 Å². The Morgan fingerprint density at radius 3 is 2.55 bits per heavy atom. The van der Waals surface area contributed by atoms with Crippen molar-refractivity contribution in [1.29, 1.82) is 0 Å². The molecule has 0 radical (unpaired) electrons. The number of nitrogens with zero attached hydrogens (tertiary/aromatic N) is 2. The summed E-state index contributed by atoms with van der Waals surface area (Å²) in [5.41, 5.74) is 0.548. The van der Waals surface area contributed by atoms with Crippen molar-refractivity contribution in [3.63, 3.8) is 0 Å². The Bertz CT molecular complexity index is 586. The maximum Gasteiger partial charge on any atom is 0.293 e. The molecule has 0 saturated carbocycles. The van der Waals surface area contributed by atoms with Gasteiger partial charge in [-0.15, -0.1) is 0 Å². The molecule has 116 valence electrons. The SMILES string of the molecule is O=C(C[C@H]1SC(=O)N(c2ccccc2)C1=O)N1CCOCC1. The van der Waals surface area contributed by atoms with Gasteiger partial charge in [0.2, 0.25) is 11.8 Å². The Morgan fingerprint density at radius 1 is 1.18 bits per heavy atom. The highest BCUT2D eigenvalue weighted by Gasteiger charge is 2.42. The van der Waals surface area contributed by atoms with Crippen LogP contribution in [0.3, 0.4) is 0 Å². The second-order valence-corrected chi connectivity index (χ2v) is 6.23. The molecule has 7 heteroatoms. The fraction of sp³-hybridized carbons (Fsp3) is 0.400. The van der Waals surface area contributed by atoms with Gasteiger partial charge >= 0.3 is 0 Å². The van der Waals surface area contributed by atoms with Gasteiger partial charge in [-0.05, 0) is 23.9 Å². The molecule has 22 heavy (non-hydrogen) atoms. The van der Waals surface area contributed by atoms with E-state index in [-0.39, 0.29) is 23.5 Å². The summed E-state index contributed by atoms with van der Waals surface area (Å²) >= 11 is 0.928. The Hall–Kier alpha value is -1.86. The predicted octanol–water partition coefficient (Wildman–Crippen LogP) is 1.50. The molecule has 0 unspecified atom stereocenters. The number of hydrogen-bond acceptors (Lipinski definition) is 5. The second-order valence-electron chi connectivity index (χ2n) is 5.08. The van der Waals surface area contributed by atoms with Gasteiger partial charge in [-0.2, -0.15) is 0 Å². The molecule has 0 bridgehead atoms. The van der Waals surface area contributed by atoms with Crippen LogP contribution >= 0.6 is 11.8 Å². The molecule has 1 atom stereocenters. The lowest BCUT2D eigenvalue weighted by molar-refractivity contribution is -0.136. The Kier molecular flexibility index (Phi) is 4.44. The van der Waals surface area contributed by atoms with E-state index in [1.165, 1.54) is 0 Å². The van der Waals surface area contributed by atoms with Crippen molar-refractivity contribution in [2.75, 3.05) is 31.2 Å². The number of carbonyl (C=O) groups is 3. The van der Waals surface area contributed by atoms with Crippen molar-refractivity contribution in [3.05, 3.63) is 30.3 Å². The van der Waals surface area contributed by atoms with E-state index in [9.17, 15) is 14.4 Å². The number of hydrogen-bond donors (Lipinski definition) is 0. The van der Waals surface area contributed by atoms with Crippen LogP contribution in [0.4, 0.5) is 10.5 Å². The zero-order chi connectivity index (χ0) is 15.5. The lowest BCUT2D eigenvalue weighted by Gasteiger charge is -2.27. The number of benzene rings is 1. The molecule has 2 aliphatic heterocycles. The van der Waals surface area contributed by atoms with E-state index < -0.39 is 5.25 Å². The fourth-order valence-corrected chi connectivity index (χ4v) is 3.47. The van der Waals surface area contributed by atoms with Crippen molar-refractivity contribution in [2.24, 2.45) is 0 Å². The quantitative estimate of drug-likeness (QED) is 0.844. The maximum atomic E-state index is 12.4. The van der Waals surface area contributed by atoms with Crippen LogP contribution < -0.4 is 4.90 Å². The van der Waals surface area contributed by atoms with Crippen LogP contribution in [-0.2, 0) is 14.3 Å². The predicted molar refractivity (Wildman–Crippen MR) is 82.7 cm³/mol. The molecule has 3 amide bonds. The monoisotopic (exact) mass is 320 g/mol. The molecule has 0 N–H and O–H groups in total. The highest BCUT2D eigenvalue weighted by molar-refractivity contribution is 8.15. The molecule has 1 aromatic rings. The maximum absolute atomic E-state index is 12.4. The summed E-state index contributed by atoms with van der Waals surface area (Å²) in [7, 11) is 0. The van der Waals surface area contributed by atoms with Crippen molar-refractivity contribution in [1.82, 2.24) is 4.90 Å². The van der Waals surface area contributed by atoms with Crippen molar-refractivity contribution < 1.29 is 19.1 Å². The van der Waals surface area contributed by atoms with E-state index >= 15 is 0 Å². The summed E-state index contributed by atoms with van der Waals surface area (Å²) in [6.45, 7) is 2.13. The van der Waals surface area contributed by atoms with Crippen LogP contribution in [-0.4, -0.2) is 53.5 Å². The largest absolute Gasteiger partial charge is 0.378 e. The number of amides is 3. The van der Waals surface area contributed by atoms with Gasteiger partial charge in [0.1, 0.15) is 5.25 Å². The van der Waals surface area contributed by atoms with Crippen LogP contribution in [0.1, 0.15) is 6.42 Å². The summed E-state index contributed by atoms with van der Waals surface area (Å²) in [6.07, 6.45) is 0.0541. The number of thioether (sulfide) groups is 1. The van der Waals surface area contributed by atoms with E-state index in [0.717, 1.165) is 16.7 Å². The molecular weight excluding hydrogens is 304 g/mol. The highest BCUT2D eigenvalue weighted by Crippen LogP contribution is 2.33. The minimum Gasteiger partial charge on any atom is -0.378 e. The first-order chi connectivity index (χ1) is 10.7. The number of morpholine rings is 1. The lowest BCUT2D eigenvalue weighted by atomic mass is 10.2. The van der Waals surface area contributed by atoms with Crippen LogP contribution in [0.2, 0.25) is 0 Å². The second kappa shape index (κ2) is 6.50. The van der Waals surface area contributed by atoms with E-state index in [2.05, 4.69) is 0 Å². The van der Waals surface area contributed by atoms with E-state index in [0.29, 0.717) is 32.0 Å². The Labute approximate surface area is 132 Å². The lowest BCUT2D eigenvalue weighted by Crippen LogP contribution is -2.42. The third kappa shape index (κ3) is 3.00.